The molecule has 0 aromatic heterocycles. The van der Waals surface area contributed by atoms with Crippen molar-refractivity contribution in [2.75, 3.05) is 13.2 Å². The fourth-order valence-corrected chi connectivity index (χ4v) is 0.819. The average molecular weight is 163 g/mol. The summed E-state index contributed by atoms with van der Waals surface area (Å²) in [6.45, 7) is 0.242. The van der Waals surface area contributed by atoms with Crippen LogP contribution < -0.4 is 4.74 Å². The zero-order chi connectivity index (χ0) is 8.81. The van der Waals surface area contributed by atoms with Crippen LogP contribution in [0.4, 0.5) is 0 Å². The number of nitriles is 1. The number of hydrogen-bond donors (Lipinski definition) is 1. The number of hydrogen-bond acceptors (Lipinski definition) is 3. The fourth-order valence-electron chi connectivity index (χ4n) is 0.819. The van der Waals surface area contributed by atoms with Crippen molar-refractivity contribution in [1.82, 2.24) is 0 Å². The maximum Gasteiger partial charge on any atom is 0.120 e. The van der Waals surface area contributed by atoms with Gasteiger partial charge in [0.05, 0.1) is 18.2 Å². The van der Waals surface area contributed by atoms with E-state index in [1.54, 1.807) is 24.3 Å². The molecule has 0 saturated heterocycles. The van der Waals surface area contributed by atoms with Crippen LogP contribution in [-0.4, -0.2) is 18.3 Å². The standard InChI is InChI=1S/C9H9NO2/c10-7-8-2-1-3-9(6-8)12-5-4-11/h1-3,6,11H,4-5H2. The lowest BCUT2D eigenvalue weighted by Crippen LogP contribution is -2.01. The molecule has 0 heterocycles. The van der Waals surface area contributed by atoms with Crippen LogP contribution >= 0.6 is 0 Å². The molecule has 1 N–H and O–H groups in total. The van der Waals surface area contributed by atoms with E-state index < -0.39 is 0 Å². The van der Waals surface area contributed by atoms with Crippen LogP contribution in [0.1, 0.15) is 5.56 Å². The third-order valence-electron chi connectivity index (χ3n) is 1.32. The number of aliphatic hydroxyl groups is 1. The minimum absolute atomic E-state index is 0.0171. The van der Waals surface area contributed by atoms with Crippen molar-refractivity contribution in [2.24, 2.45) is 0 Å². The highest BCUT2D eigenvalue weighted by Gasteiger charge is 1.94. The molecule has 0 spiro atoms. The molecule has 3 heteroatoms. The van der Waals surface area contributed by atoms with Gasteiger partial charge in [-0.15, -0.1) is 0 Å². The Bertz CT molecular complexity index is 291. The molecule has 0 aliphatic heterocycles. The van der Waals surface area contributed by atoms with Gasteiger partial charge in [-0.2, -0.15) is 5.26 Å². The molecule has 0 atom stereocenters. The van der Waals surface area contributed by atoms with Gasteiger partial charge in [-0.1, -0.05) is 6.07 Å². The maximum atomic E-state index is 8.53. The molecule has 0 fully saturated rings. The summed E-state index contributed by atoms with van der Waals surface area (Å²) in [4.78, 5) is 0. The van der Waals surface area contributed by atoms with Crippen LogP contribution in [0.2, 0.25) is 0 Å². The second kappa shape index (κ2) is 4.37. The van der Waals surface area contributed by atoms with E-state index in [1.807, 2.05) is 6.07 Å². The topological polar surface area (TPSA) is 53.2 Å². The molecule has 0 aliphatic rings. The fraction of sp³-hybridized carbons (Fsp3) is 0.222. The van der Waals surface area contributed by atoms with E-state index in [0.717, 1.165) is 0 Å². The van der Waals surface area contributed by atoms with Crippen molar-refractivity contribution in [3.05, 3.63) is 29.8 Å². The summed E-state index contributed by atoms with van der Waals surface area (Å²) in [5, 5.41) is 17.0. The van der Waals surface area contributed by atoms with E-state index in [2.05, 4.69) is 0 Å². The van der Waals surface area contributed by atoms with Gasteiger partial charge in [0, 0.05) is 0 Å². The monoisotopic (exact) mass is 163 g/mol. The zero-order valence-corrected chi connectivity index (χ0v) is 6.53. The Balaban J connectivity index is 2.68. The summed E-state index contributed by atoms with van der Waals surface area (Å²) in [5.41, 5.74) is 0.561. The summed E-state index contributed by atoms with van der Waals surface area (Å²) in [6, 6.07) is 8.82. The minimum atomic E-state index is -0.0171. The van der Waals surface area contributed by atoms with Crippen molar-refractivity contribution in [3.63, 3.8) is 0 Å². The summed E-state index contributed by atoms with van der Waals surface area (Å²) in [7, 11) is 0. The molecule has 1 rings (SSSR count). The molecular weight excluding hydrogens is 154 g/mol. The van der Waals surface area contributed by atoms with Gasteiger partial charge in [-0.05, 0) is 18.2 Å². The summed E-state index contributed by atoms with van der Waals surface area (Å²) >= 11 is 0. The molecule has 0 amide bonds. The quantitative estimate of drug-likeness (QED) is 0.721. The van der Waals surface area contributed by atoms with Crippen molar-refractivity contribution in [3.8, 4) is 11.8 Å². The Morgan fingerprint density at radius 3 is 3.00 bits per heavy atom. The van der Waals surface area contributed by atoms with Crippen molar-refractivity contribution < 1.29 is 9.84 Å². The van der Waals surface area contributed by atoms with Crippen LogP contribution in [0, 0.1) is 11.3 Å². The van der Waals surface area contributed by atoms with Crippen LogP contribution in [0.25, 0.3) is 0 Å². The van der Waals surface area contributed by atoms with Gasteiger partial charge >= 0.3 is 0 Å². The van der Waals surface area contributed by atoms with Crippen LogP contribution in [0.15, 0.2) is 24.3 Å². The van der Waals surface area contributed by atoms with Crippen molar-refractivity contribution in [1.29, 1.82) is 5.26 Å². The van der Waals surface area contributed by atoms with E-state index in [0.29, 0.717) is 11.3 Å². The molecule has 0 saturated carbocycles. The first-order chi connectivity index (χ1) is 5.86. The van der Waals surface area contributed by atoms with Gasteiger partial charge in [-0.25, -0.2) is 0 Å². The lowest BCUT2D eigenvalue weighted by atomic mass is 10.2. The average Bonchev–Trinajstić information content (AvgIpc) is 2.15. The lowest BCUT2D eigenvalue weighted by molar-refractivity contribution is 0.201. The van der Waals surface area contributed by atoms with Gasteiger partial charge in [0.15, 0.2) is 0 Å². The van der Waals surface area contributed by atoms with Gasteiger partial charge in [0.1, 0.15) is 12.4 Å². The van der Waals surface area contributed by atoms with Crippen LogP contribution in [0.5, 0.6) is 5.75 Å². The van der Waals surface area contributed by atoms with Gasteiger partial charge in [0.25, 0.3) is 0 Å². The Morgan fingerprint density at radius 2 is 2.33 bits per heavy atom. The van der Waals surface area contributed by atoms with Crippen LogP contribution in [-0.2, 0) is 0 Å². The van der Waals surface area contributed by atoms with Gasteiger partial charge < -0.3 is 9.84 Å². The first-order valence-corrected chi connectivity index (χ1v) is 3.60. The molecule has 0 unspecified atom stereocenters. The number of benzene rings is 1. The minimum Gasteiger partial charge on any atom is -0.491 e. The normalized spacial score (nSPS) is 9.00. The Kier molecular flexibility index (Phi) is 3.12. The Morgan fingerprint density at radius 1 is 1.50 bits per heavy atom. The lowest BCUT2D eigenvalue weighted by Gasteiger charge is -2.02. The highest BCUT2D eigenvalue weighted by Crippen LogP contribution is 2.11. The van der Waals surface area contributed by atoms with Gasteiger partial charge in [-0.3, -0.25) is 0 Å². The molecule has 1 aromatic rings. The highest BCUT2D eigenvalue weighted by molar-refractivity contribution is 5.36. The first kappa shape index (κ1) is 8.57. The van der Waals surface area contributed by atoms with Crippen LogP contribution in [0.3, 0.4) is 0 Å². The van der Waals surface area contributed by atoms with Crippen molar-refractivity contribution in [2.45, 2.75) is 0 Å². The van der Waals surface area contributed by atoms with Crippen molar-refractivity contribution >= 4 is 0 Å². The molecular formula is C9H9NO2. The summed E-state index contributed by atoms with van der Waals surface area (Å²) < 4.78 is 5.10. The predicted molar refractivity (Wildman–Crippen MR) is 43.7 cm³/mol. The second-order valence-corrected chi connectivity index (χ2v) is 2.21. The molecule has 3 nitrogen and oxygen atoms in total. The largest absolute Gasteiger partial charge is 0.491 e. The molecule has 62 valence electrons. The number of nitrogens with zero attached hydrogens (tertiary/aromatic N) is 1. The SMILES string of the molecule is N#Cc1cccc(OCCO)c1. The molecule has 0 bridgehead atoms. The Labute approximate surface area is 70.8 Å². The second-order valence-electron chi connectivity index (χ2n) is 2.21. The third kappa shape index (κ3) is 2.26. The Hall–Kier alpha value is -1.53. The smallest absolute Gasteiger partial charge is 0.120 e. The third-order valence-corrected chi connectivity index (χ3v) is 1.32. The number of ether oxygens (including phenoxy) is 1. The number of rotatable bonds is 3. The van der Waals surface area contributed by atoms with E-state index in [9.17, 15) is 0 Å². The van der Waals surface area contributed by atoms with E-state index in [4.69, 9.17) is 15.1 Å². The van der Waals surface area contributed by atoms with E-state index >= 15 is 0 Å². The maximum absolute atomic E-state index is 8.53. The highest BCUT2D eigenvalue weighted by atomic mass is 16.5. The summed E-state index contributed by atoms with van der Waals surface area (Å²) in [5.74, 6) is 0.614. The molecule has 0 radical (unpaired) electrons. The zero-order valence-electron chi connectivity index (χ0n) is 6.53. The molecule has 0 aliphatic carbocycles. The predicted octanol–water partition coefficient (Wildman–Crippen LogP) is 0.929. The van der Waals surface area contributed by atoms with Gasteiger partial charge in [0.2, 0.25) is 0 Å². The molecule has 12 heavy (non-hydrogen) atoms. The first-order valence-electron chi connectivity index (χ1n) is 3.60. The number of aliphatic hydroxyl groups excluding tert-OH is 1. The molecule has 1 aromatic carbocycles. The summed E-state index contributed by atoms with van der Waals surface area (Å²) in [6.07, 6.45) is 0. The van der Waals surface area contributed by atoms with E-state index in [-0.39, 0.29) is 13.2 Å². The van der Waals surface area contributed by atoms with E-state index in [1.165, 1.54) is 0 Å².